The third kappa shape index (κ3) is 35.1. The highest BCUT2D eigenvalue weighted by Gasteiger charge is 2.36. The first-order valence-electron chi connectivity index (χ1n) is 22.2. The second kappa shape index (κ2) is 38.4. The molecule has 1 saturated heterocycles. The normalized spacial score (nSPS) is 17.6. The Hall–Kier alpha value is -2.85. The fourth-order valence-electron chi connectivity index (χ4n) is 5.76. The van der Waals surface area contributed by atoms with E-state index in [9.17, 15) is 19.0 Å². The van der Waals surface area contributed by atoms with Crippen LogP contribution in [0.3, 0.4) is 0 Å². The minimum absolute atomic E-state index is 0.0335. The van der Waals surface area contributed by atoms with Crippen LogP contribution >= 0.6 is 7.82 Å². The van der Waals surface area contributed by atoms with E-state index >= 15 is 0 Å². The van der Waals surface area contributed by atoms with E-state index in [0.29, 0.717) is 31.5 Å². The SMILES string of the molecule is CCCCC/C=C\C/C=C\C/C=C\C/C=C\CCCCCC(=O)OC[C@H](COP(=O)(O)OCCN)OC(=O)CCC/C=C\C/C=C\C/C=C\CC1OC1CCCCC. The van der Waals surface area contributed by atoms with Crippen LogP contribution in [0.25, 0.3) is 0 Å². The summed E-state index contributed by atoms with van der Waals surface area (Å²) < 4.78 is 38.4. The van der Waals surface area contributed by atoms with Gasteiger partial charge in [-0.3, -0.25) is 18.6 Å². The molecule has 1 rings (SSSR count). The Morgan fingerprint density at radius 2 is 1.14 bits per heavy atom. The van der Waals surface area contributed by atoms with Crippen LogP contribution in [0.15, 0.2) is 85.1 Å². The lowest BCUT2D eigenvalue weighted by molar-refractivity contribution is -0.161. The van der Waals surface area contributed by atoms with E-state index in [4.69, 9.17) is 29.0 Å². The zero-order valence-electron chi connectivity index (χ0n) is 35.9. The molecule has 0 spiro atoms. The molecule has 0 aromatic carbocycles. The van der Waals surface area contributed by atoms with Crippen molar-refractivity contribution in [1.29, 1.82) is 0 Å². The molecule has 1 aliphatic rings. The van der Waals surface area contributed by atoms with Crippen molar-refractivity contribution in [2.75, 3.05) is 26.4 Å². The largest absolute Gasteiger partial charge is 0.472 e. The molecule has 3 N–H and O–H groups in total. The summed E-state index contributed by atoms with van der Waals surface area (Å²) in [6.45, 7) is 3.54. The Morgan fingerprint density at radius 1 is 0.621 bits per heavy atom. The number of ether oxygens (including phenoxy) is 3. The average molecular weight is 832 g/mol. The molecule has 0 aromatic heterocycles. The van der Waals surface area contributed by atoms with Crippen LogP contribution < -0.4 is 5.73 Å². The number of esters is 2. The Kier molecular flexibility index (Phi) is 35.2. The molecule has 0 aromatic rings. The van der Waals surface area contributed by atoms with Gasteiger partial charge in [-0.1, -0.05) is 137 Å². The summed E-state index contributed by atoms with van der Waals surface area (Å²) in [4.78, 5) is 34.9. The van der Waals surface area contributed by atoms with Crippen LogP contribution in [0.1, 0.15) is 155 Å². The number of phosphoric acid groups is 1. The lowest BCUT2D eigenvalue weighted by Gasteiger charge is -2.19. The van der Waals surface area contributed by atoms with Gasteiger partial charge in [0, 0.05) is 19.4 Å². The highest BCUT2D eigenvalue weighted by Crippen LogP contribution is 2.43. The summed E-state index contributed by atoms with van der Waals surface area (Å²) >= 11 is 0. The van der Waals surface area contributed by atoms with Gasteiger partial charge in [0.15, 0.2) is 6.10 Å². The van der Waals surface area contributed by atoms with E-state index in [1.807, 2.05) is 6.08 Å². The fraction of sp³-hybridized carbons (Fsp3) is 0.660. The number of carbonyl (C=O) groups is 2. The molecule has 4 atom stereocenters. The molecule has 1 heterocycles. The molecule has 1 aliphatic heterocycles. The van der Waals surface area contributed by atoms with Gasteiger partial charge in [-0.15, -0.1) is 0 Å². The first-order chi connectivity index (χ1) is 28.3. The lowest BCUT2D eigenvalue weighted by atomic mass is 10.1. The monoisotopic (exact) mass is 832 g/mol. The zero-order chi connectivity index (χ0) is 42.2. The molecule has 3 unspecified atom stereocenters. The molecule has 1 fully saturated rings. The van der Waals surface area contributed by atoms with Gasteiger partial charge in [0.05, 0.1) is 25.4 Å². The second-order valence-corrected chi connectivity index (χ2v) is 16.0. The predicted molar refractivity (Wildman–Crippen MR) is 237 cm³/mol. The van der Waals surface area contributed by atoms with Gasteiger partial charge in [0.25, 0.3) is 0 Å². The van der Waals surface area contributed by atoms with E-state index in [1.54, 1.807) is 0 Å². The van der Waals surface area contributed by atoms with E-state index < -0.39 is 32.5 Å². The van der Waals surface area contributed by atoms with E-state index in [1.165, 1.54) is 51.4 Å². The molecule has 330 valence electrons. The lowest BCUT2D eigenvalue weighted by Crippen LogP contribution is -2.29. The molecule has 58 heavy (non-hydrogen) atoms. The Bertz CT molecular complexity index is 1290. The number of epoxide rings is 1. The van der Waals surface area contributed by atoms with E-state index in [2.05, 4.69) is 92.8 Å². The maximum absolute atomic E-state index is 12.6. The first-order valence-corrected chi connectivity index (χ1v) is 23.7. The number of nitrogens with two attached hydrogens (primary N) is 1. The molecular weight excluding hydrogens is 753 g/mol. The summed E-state index contributed by atoms with van der Waals surface area (Å²) in [5.74, 6) is -0.944. The maximum atomic E-state index is 12.6. The highest BCUT2D eigenvalue weighted by atomic mass is 31.2. The van der Waals surface area contributed by atoms with Gasteiger partial charge in [0.2, 0.25) is 0 Å². The van der Waals surface area contributed by atoms with Gasteiger partial charge >= 0.3 is 19.8 Å². The number of phosphoric ester groups is 1. The predicted octanol–water partition coefficient (Wildman–Crippen LogP) is 11.8. The fourth-order valence-corrected chi connectivity index (χ4v) is 6.53. The van der Waals surface area contributed by atoms with E-state index in [0.717, 1.165) is 57.8 Å². The highest BCUT2D eigenvalue weighted by molar-refractivity contribution is 7.47. The van der Waals surface area contributed by atoms with Crippen molar-refractivity contribution < 1.29 is 42.3 Å². The Balaban J connectivity index is 2.24. The van der Waals surface area contributed by atoms with Crippen molar-refractivity contribution in [1.82, 2.24) is 0 Å². The Morgan fingerprint density at radius 3 is 1.72 bits per heavy atom. The number of hydrogen-bond acceptors (Lipinski definition) is 9. The van der Waals surface area contributed by atoms with Gasteiger partial charge in [-0.25, -0.2) is 4.57 Å². The molecule has 0 radical (unpaired) electrons. The topological polar surface area (TPSA) is 147 Å². The number of allylic oxidation sites excluding steroid dienone is 13. The van der Waals surface area contributed by atoms with Gasteiger partial charge in [-0.05, 0) is 89.9 Å². The van der Waals surface area contributed by atoms with Crippen molar-refractivity contribution in [2.45, 2.75) is 173 Å². The Labute approximate surface area is 351 Å². The third-order valence-electron chi connectivity index (χ3n) is 9.18. The van der Waals surface area contributed by atoms with Crippen molar-refractivity contribution in [3.8, 4) is 0 Å². The minimum Gasteiger partial charge on any atom is -0.462 e. The van der Waals surface area contributed by atoms with Crippen molar-refractivity contribution in [3.63, 3.8) is 0 Å². The van der Waals surface area contributed by atoms with Crippen LogP contribution in [-0.4, -0.2) is 61.5 Å². The number of hydrogen-bond donors (Lipinski definition) is 2. The molecule has 0 bridgehead atoms. The van der Waals surface area contributed by atoms with Gasteiger partial charge in [0.1, 0.15) is 6.61 Å². The van der Waals surface area contributed by atoms with Crippen LogP contribution in [0, 0.1) is 0 Å². The number of rotatable bonds is 39. The van der Waals surface area contributed by atoms with Gasteiger partial charge in [-0.2, -0.15) is 0 Å². The van der Waals surface area contributed by atoms with Crippen molar-refractivity contribution in [2.24, 2.45) is 5.73 Å². The summed E-state index contributed by atoms with van der Waals surface area (Å²) in [5.41, 5.74) is 5.34. The number of unbranched alkanes of at least 4 members (excludes halogenated alkanes) is 9. The third-order valence-corrected chi connectivity index (χ3v) is 10.2. The quantitative estimate of drug-likeness (QED) is 0.0202. The summed E-state index contributed by atoms with van der Waals surface area (Å²) in [7, 11) is -4.41. The smallest absolute Gasteiger partial charge is 0.462 e. The summed E-state index contributed by atoms with van der Waals surface area (Å²) in [6.07, 6.45) is 50.8. The van der Waals surface area contributed by atoms with Crippen LogP contribution in [0.5, 0.6) is 0 Å². The first kappa shape index (κ1) is 53.2. The van der Waals surface area contributed by atoms with Crippen LogP contribution in [0.2, 0.25) is 0 Å². The minimum atomic E-state index is -4.41. The summed E-state index contributed by atoms with van der Waals surface area (Å²) in [6, 6.07) is 0. The second-order valence-electron chi connectivity index (χ2n) is 14.6. The maximum Gasteiger partial charge on any atom is 0.472 e. The average Bonchev–Trinajstić information content (AvgIpc) is 3.97. The van der Waals surface area contributed by atoms with Crippen LogP contribution in [-0.2, 0) is 37.4 Å². The van der Waals surface area contributed by atoms with E-state index in [-0.39, 0.29) is 32.6 Å². The van der Waals surface area contributed by atoms with Crippen molar-refractivity contribution >= 4 is 19.8 Å². The zero-order valence-corrected chi connectivity index (χ0v) is 36.8. The van der Waals surface area contributed by atoms with Crippen LogP contribution in [0.4, 0.5) is 0 Å². The molecular formula is C47H78NO9P. The van der Waals surface area contributed by atoms with Crippen molar-refractivity contribution in [3.05, 3.63) is 85.1 Å². The molecule has 10 nitrogen and oxygen atoms in total. The number of carbonyl (C=O) groups excluding carboxylic acids is 2. The molecule has 11 heteroatoms. The molecule has 0 aliphatic carbocycles. The molecule has 0 saturated carbocycles. The molecule has 0 amide bonds. The van der Waals surface area contributed by atoms with Gasteiger partial charge < -0.3 is 24.8 Å². The standard InChI is InChI=1S/C47H78NO9P/c1-3-5-7-8-9-10-11-12-13-14-15-16-17-18-19-23-26-29-33-37-46(49)53-41-43(42-55-58(51,52)54-40-39-48)56-47(50)38-34-30-27-24-21-20-22-25-28-32-36-45-44(57-45)35-31-6-4-2/h9-10,12-13,15-16,18-20,22,24,27-28,32,43-45H,3-8,11,14,17,21,23,25-26,29-31,33-42,48H2,1-2H3,(H,51,52)/b10-9-,13-12-,16-15-,19-18-,22-20-,27-24-,32-28-/t43-,44?,45?/m1/s1. The summed E-state index contributed by atoms with van der Waals surface area (Å²) in [5, 5.41) is 0.